The standard InChI is InChI=1S/C22H25N5O4/c1-30-15-6-4-14(5-7-15)18-11-20-24-19-13-26(9-8-17(19)21(28)27(20)25-18)22(29)23-12-16-3-2-10-31-16/h4-7,11,16,25H,2-3,8-10,12-13H2,1H3,(H,23,29)/t16-/m1/s1. The number of ether oxygens (including phenoxy) is 2. The fourth-order valence-corrected chi connectivity index (χ4v) is 4.20. The molecule has 0 bridgehead atoms. The molecular formula is C22H25N5O4. The lowest BCUT2D eigenvalue weighted by Gasteiger charge is -2.28. The van der Waals surface area contributed by atoms with Gasteiger partial charge in [0.25, 0.3) is 5.56 Å². The minimum Gasteiger partial charge on any atom is -0.497 e. The van der Waals surface area contributed by atoms with Crippen LogP contribution in [-0.2, 0) is 17.7 Å². The Morgan fingerprint density at radius 3 is 2.94 bits per heavy atom. The molecule has 2 amide bonds. The Hall–Kier alpha value is -3.33. The van der Waals surface area contributed by atoms with E-state index in [9.17, 15) is 9.59 Å². The number of benzene rings is 1. The second kappa shape index (κ2) is 8.07. The summed E-state index contributed by atoms with van der Waals surface area (Å²) in [6.07, 6.45) is 2.59. The molecule has 0 aliphatic carbocycles. The van der Waals surface area contributed by atoms with E-state index in [1.54, 1.807) is 12.0 Å². The van der Waals surface area contributed by atoms with E-state index >= 15 is 0 Å². The number of methoxy groups -OCH3 is 1. The number of nitrogens with zero attached hydrogens (tertiary/aromatic N) is 3. The van der Waals surface area contributed by atoms with Crippen molar-refractivity contribution < 1.29 is 14.3 Å². The number of aromatic amines is 1. The summed E-state index contributed by atoms with van der Waals surface area (Å²) in [5, 5.41) is 6.09. The van der Waals surface area contributed by atoms with Crippen molar-refractivity contribution in [3.8, 4) is 17.0 Å². The molecule has 162 valence electrons. The quantitative estimate of drug-likeness (QED) is 0.668. The smallest absolute Gasteiger partial charge is 0.317 e. The lowest BCUT2D eigenvalue weighted by Crippen LogP contribution is -2.46. The number of nitrogens with one attached hydrogen (secondary N) is 2. The minimum absolute atomic E-state index is 0.0969. The van der Waals surface area contributed by atoms with Crippen molar-refractivity contribution in [3.05, 3.63) is 51.9 Å². The van der Waals surface area contributed by atoms with Gasteiger partial charge in [0, 0.05) is 31.3 Å². The van der Waals surface area contributed by atoms with Crippen molar-refractivity contribution in [2.45, 2.75) is 31.9 Å². The Kier molecular flexibility index (Phi) is 5.11. The maximum absolute atomic E-state index is 13.0. The molecule has 5 rings (SSSR count). The van der Waals surface area contributed by atoms with Crippen LogP contribution in [0.5, 0.6) is 5.75 Å². The summed E-state index contributed by atoms with van der Waals surface area (Å²) in [7, 11) is 1.62. The van der Waals surface area contributed by atoms with Crippen molar-refractivity contribution in [2.75, 3.05) is 26.8 Å². The Morgan fingerprint density at radius 2 is 2.19 bits per heavy atom. The Labute approximate surface area is 179 Å². The predicted molar refractivity (Wildman–Crippen MR) is 114 cm³/mol. The van der Waals surface area contributed by atoms with E-state index in [0.717, 1.165) is 36.5 Å². The van der Waals surface area contributed by atoms with Gasteiger partial charge in [-0.2, -0.15) is 0 Å². The molecule has 1 fully saturated rings. The van der Waals surface area contributed by atoms with E-state index in [-0.39, 0.29) is 17.7 Å². The largest absolute Gasteiger partial charge is 0.497 e. The number of amides is 2. The van der Waals surface area contributed by atoms with Crippen molar-refractivity contribution in [3.63, 3.8) is 0 Å². The van der Waals surface area contributed by atoms with E-state index in [1.165, 1.54) is 4.52 Å². The summed E-state index contributed by atoms with van der Waals surface area (Å²) in [6.45, 7) is 2.08. The summed E-state index contributed by atoms with van der Waals surface area (Å²) in [6, 6.07) is 9.30. The number of aromatic nitrogens is 3. The van der Waals surface area contributed by atoms with Gasteiger partial charge in [-0.15, -0.1) is 0 Å². The van der Waals surface area contributed by atoms with Crippen LogP contribution >= 0.6 is 0 Å². The third-order valence-electron chi connectivity index (χ3n) is 5.96. The molecule has 0 unspecified atom stereocenters. The van der Waals surface area contributed by atoms with Crippen LogP contribution in [0.4, 0.5) is 4.79 Å². The monoisotopic (exact) mass is 423 g/mol. The van der Waals surface area contributed by atoms with Crippen LogP contribution < -0.4 is 15.6 Å². The average Bonchev–Trinajstić information content (AvgIpc) is 3.47. The van der Waals surface area contributed by atoms with Crippen LogP contribution in [0.2, 0.25) is 0 Å². The molecule has 1 atom stereocenters. The van der Waals surface area contributed by atoms with Gasteiger partial charge in [0.15, 0.2) is 5.65 Å². The molecule has 1 saturated heterocycles. The first-order chi connectivity index (χ1) is 15.1. The Balaban J connectivity index is 1.37. The second-order valence-corrected chi connectivity index (χ2v) is 7.93. The molecule has 2 aliphatic rings. The molecule has 1 aromatic carbocycles. The van der Waals surface area contributed by atoms with E-state index in [0.29, 0.717) is 43.0 Å². The summed E-state index contributed by atoms with van der Waals surface area (Å²) >= 11 is 0. The summed E-state index contributed by atoms with van der Waals surface area (Å²) in [5.41, 5.74) is 3.46. The number of rotatable bonds is 4. The zero-order chi connectivity index (χ0) is 21.4. The Bertz CT molecular complexity index is 1160. The normalized spacial score (nSPS) is 18.2. The first kappa shape index (κ1) is 19.6. The fourth-order valence-electron chi connectivity index (χ4n) is 4.20. The van der Waals surface area contributed by atoms with Crippen molar-refractivity contribution in [1.29, 1.82) is 0 Å². The molecular weight excluding hydrogens is 398 g/mol. The van der Waals surface area contributed by atoms with Crippen LogP contribution in [0.3, 0.4) is 0 Å². The zero-order valence-corrected chi connectivity index (χ0v) is 17.4. The number of hydrogen-bond acceptors (Lipinski definition) is 5. The van der Waals surface area contributed by atoms with Gasteiger partial charge in [-0.05, 0) is 49.1 Å². The molecule has 0 saturated carbocycles. The first-order valence-corrected chi connectivity index (χ1v) is 10.5. The van der Waals surface area contributed by atoms with Gasteiger partial charge >= 0.3 is 6.03 Å². The zero-order valence-electron chi connectivity index (χ0n) is 17.4. The lowest BCUT2D eigenvalue weighted by atomic mass is 10.1. The molecule has 2 aliphatic heterocycles. The highest BCUT2D eigenvalue weighted by molar-refractivity contribution is 5.74. The van der Waals surface area contributed by atoms with Crippen LogP contribution in [0.1, 0.15) is 24.1 Å². The van der Waals surface area contributed by atoms with E-state index in [2.05, 4.69) is 15.4 Å². The van der Waals surface area contributed by atoms with E-state index in [1.807, 2.05) is 30.3 Å². The predicted octanol–water partition coefficient (Wildman–Crippen LogP) is 1.94. The first-order valence-electron chi connectivity index (χ1n) is 10.5. The summed E-state index contributed by atoms with van der Waals surface area (Å²) < 4.78 is 12.2. The van der Waals surface area contributed by atoms with Gasteiger partial charge in [0.05, 0.1) is 31.1 Å². The summed E-state index contributed by atoms with van der Waals surface area (Å²) in [4.78, 5) is 32.0. The number of hydrogen-bond donors (Lipinski definition) is 2. The molecule has 31 heavy (non-hydrogen) atoms. The molecule has 4 heterocycles. The molecule has 0 spiro atoms. The third-order valence-corrected chi connectivity index (χ3v) is 5.96. The van der Waals surface area contributed by atoms with Crippen molar-refractivity contribution in [1.82, 2.24) is 24.8 Å². The third kappa shape index (κ3) is 3.76. The summed E-state index contributed by atoms with van der Waals surface area (Å²) in [5.74, 6) is 0.767. The number of urea groups is 1. The number of H-pyrrole nitrogens is 1. The van der Waals surface area contributed by atoms with Crippen LogP contribution in [0.25, 0.3) is 16.9 Å². The van der Waals surface area contributed by atoms with E-state index < -0.39 is 0 Å². The molecule has 2 aromatic heterocycles. The molecule has 2 N–H and O–H groups in total. The molecule has 9 nitrogen and oxygen atoms in total. The van der Waals surface area contributed by atoms with Gasteiger partial charge in [-0.1, -0.05) is 0 Å². The highest BCUT2D eigenvalue weighted by atomic mass is 16.5. The molecule has 3 aromatic rings. The van der Waals surface area contributed by atoms with Gasteiger partial charge in [-0.3, -0.25) is 9.89 Å². The van der Waals surface area contributed by atoms with Crippen LogP contribution in [0, 0.1) is 0 Å². The topological polar surface area (TPSA) is 101 Å². The van der Waals surface area contributed by atoms with Crippen LogP contribution in [0.15, 0.2) is 35.1 Å². The highest BCUT2D eigenvalue weighted by Crippen LogP contribution is 2.23. The van der Waals surface area contributed by atoms with Crippen LogP contribution in [-0.4, -0.2) is 58.4 Å². The fraction of sp³-hybridized carbons (Fsp3) is 0.409. The second-order valence-electron chi connectivity index (χ2n) is 7.93. The number of carbonyl (C=O) groups excluding carboxylic acids is 1. The number of carbonyl (C=O) groups is 1. The average molecular weight is 423 g/mol. The van der Waals surface area contributed by atoms with E-state index in [4.69, 9.17) is 9.47 Å². The minimum atomic E-state index is -0.142. The van der Waals surface area contributed by atoms with Crippen molar-refractivity contribution >= 4 is 11.7 Å². The lowest BCUT2D eigenvalue weighted by molar-refractivity contribution is 0.108. The number of fused-ring (bicyclic) bond motifs is 2. The SMILES string of the molecule is COc1ccc(-c2cc3nc4c(c(=O)n3[nH]2)CCN(C(=O)NC[C@H]2CCCO2)C4)cc1. The maximum atomic E-state index is 13.0. The maximum Gasteiger partial charge on any atom is 0.317 e. The van der Waals surface area contributed by atoms with Gasteiger partial charge in [0.2, 0.25) is 0 Å². The Morgan fingerprint density at radius 1 is 1.35 bits per heavy atom. The molecule has 0 radical (unpaired) electrons. The van der Waals surface area contributed by atoms with Gasteiger partial charge in [0.1, 0.15) is 5.75 Å². The molecule has 9 heteroatoms. The van der Waals surface area contributed by atoms with Crippen molar-refractivity contribution in [2.24, 2.45) is 0 Å². The van der Waals surface area contributed by atoms with Gasteiger partial charge < -0.3 is 19.7 Å². The highest BCUT2D eigenvalue weighted by Gasteiger charge is 2.26. The van der Waals surface area contributed by atoms with Gasteiger partial charge in [-0.25, -0.2) is 14.3 Å².